The van der Waals surface area contributed by atoms with Gasteiger partial charge >= 0.3 is 0 Å². The molecule has 7 nitrogen and oxygen atoms in total. The molecule has 0 unspecified atom stereocenters. The molecule has 26 heavy (non-hydrogen) atoms. The quantitative estimate of drug-likeness (QED) is 0.658. The molecule has 0 saturated carbocycles. The molecule has 1 aliphatic heterocycles. The zero-order chi connectivity index (χ0) is 18.1. The van der Waals surface area contributed by atoms with Gasteiger partial charge in [0.25, 0.3) is 5.91 Å². The maximum atomic E-state index is 12.6. The number of benzene rings is 1. The Hall–Kier alpha value is -2.71. The minimum atomic E-state index is -0.235. The van der Waals surface area contributed by atoms with Crippen LogP contribution in [0.5, 0.6) is 5.75 Å². The summed E-state index contributed by atoms with van der Waals surface area (Å²) in [7, 11) is 1.64. The topological polar surface area (TPSA) is 91.9 Å². The lowest BCUT2D eigenvalue weighted by Gasteiger charge is -2.12. The van der Waals surface area contributed by atoms with Gasteiger partial charge in [0, 0.05) is 41.2 Å². The summed E-state index contributed by atoms with van der Waals surface area (Å²) in [6, 6.07) is 7.72. The number of hydrogen-bond donors (Lipinski definition) is 3. The summed E-state index contributed by atoms with van der Waals surface area (Å²) >= 11 is 1.45. The van der Waals surface area contributed by atoms with E-state index in [9.17, 15) is 4.79 Å². The van der Waals surface area contributed by atoms with Crippen LogP contribution in [-0.4, -0.2) is 34.7 Å². The van der Waals surface area contributed by atoms with Gasteiger partial charge in [-0.1, -0.05) is 0 Å². The van der Waals surface area contributed by atoms with E-state index in [2.05, 4.69) is 25.8 Å². The highest BCUT2D eigenvalue weighted by atomic mass is 32.1. The van der Waals surface area contributed by atoms with E-state index >= 15 is 0 Å². The number of aromatic amines is 1. The van der Waals surface area contributed by atoms with Crippen molar-refractivity contribution in [1.29, 1.82) is 0 Å². The van der Waals surface area contributed by atoms with Gasteiger partial charge in [-0.05, 0) is 31.2 Å². The van der Waals surface area contributed by atoms with E-state index in [-0.39, 0.29) is 5.91 Å². The maximum Gasteiger partial charge on any atom is 0.278 e. The molecule has 3 aromatic rings. The standard InChI is InChI=1S/C18H19N5O2S/c1-10-15(11-3-5-12(25-2)6-4-11)20-18(26-10)21-17(24)16-13-9-19-8-7-14(13)22-23-16/h3-6,19H,7-9H2,1-2H3,(H,22,23)(H,20,21,24). The van der Waals surface area contributed by atoms with Crippen molar-refractivity contribution in [2.24, 2.45) is 0 Å². The van der Waals surface area contributed by atoms with E-state index in [1.54, 1.807) is 7.11 Å². The van der Waals surface area contributed by atoms with Crippen molar-refractivity contribution in [3.8, 4) is 17.0 Å². The van der Waals surface area contributed by atoms with Crippen molar-refractivity contribution in [2.45, 2.75) is 19.9 Å². The number of carbonyl (C=O) groups is 1. The lowest BCUT2D eigenvalue weighted by Crippen LogP contribution is -2.25. The number of rotatable bonds is 4. The Morgan fingerprint density at radius 1 is 1.31 bits per heavy atom. The Kier molecular flexibility index (Phi) is 4.44. The number of H-pyrrole nitrogens is 1. The fourth-order valence-corrected chi connectivity index (χ4v) is 3.87. The molecule has 1 aliphatic rings. The second-order valence-electron chi connectivity index (χ2n) is 6.06. The molecular formula is C18H19N5O2S. The lowest BCUT2D eigenvalue weighted by atomic mass is 10.1. The Morgan fingerprint density at radius 3 is 2.88 bits per heavy atom. The number of hydrogen-bond acceptors (Lipinski definition) is 6. The van der Waals surface area contributed by atoms with Gasteiger partial charge in [0.15, 0.2) is 10.8 Å². The summed E-state index contributed by atoms with van der Waals surface area (Å²) in [5.74, 6) is 0.563. The summed E-state index contributed by atoms with van der Waals surface area (Å²) in [6.07, 6.45) is 0.855. The predicted molar refractivity (Wildman–Crippen MR) is 101 cm³/mol. The van der Waals surface area contributed by atoms with Crippen molar-refractivity contribution >= 4 is 22.4 Å². The molecule has 0 spiro atoms. The van der Waals surface area contributed by atoms with Crippen LogP contribution in [0.25, 0.3) is 11.3 Å². The molecule has 3 N–H and O–H groups in total. The summed E-state index contributed by atoms with van der Waals surface area (Å²) in [5, 5.41) is 13.9. The molecule has 0 aliphatic carbocycles. The number of nitrogens with one attached hydrogen (secondary N) is 3. The fraction of sp³-hybridized carbons (Fsp3) is 0.278. The third kappa shape index (κ3) is 3.09. The minimum Gasteiger partial charge on any atom is -0.497 e. The number of fused-ring (bicyclic) bond motifs is 1. The molecule has 0 bridgehead atoms. The molecule has 0 radical (unpaired) electrons. The molecule has 0 saturated heterocycles. The van der Waals surface area contributed by atoms with Crippen LogP contribution in [0.1, 0.15) is 26.6 Å². The second-order valence-corrected chi connectivity index (χ2v) is 7.27. The first kappa shape index (κ1) is 16.7. The van der Waals surface area contributed by atoms with E-state index in [1.165, 1.54) is 11.3 Å². The highest BCUT2D eigenvalue weighted by Crippen LogP contribution is 2.31. The van der Waals surface area contributed by atoms with Crippen LogP contribution >= 0.6 is 11.3 Å². The van der Waals surface area contributed by atoms with Gasteiger partial charge < -0.3 is 10.1 Å². The van der Waals surface area contributed by atoms with Crippen LogP contribution in [0.2, 0.25) is 0 Å². The molecule has 1 amide bonds. The third-order valence-corrected chi connectivity index (χ3v) is 5.29. The SMILES string of the molecule is COc1ccc(-c2nc(NC(=O)c3n[nH]c4c3CNCC4)sc2C)cc1. The Morgan fingerprint density at radius 2 is 2.12 bits per heavy atom. The lowest BCUT2D eigenvalue weighted by molar-refractivity contribution is 0.102. The molecular weight excluding hydrogens is 350 g/mol. The number of carbonyl (C=O) groups excluding carboxylic acids is 1. The van der Waals surface area contributed by atoms with Crippen LogP contribution in [0.3, 0.4) is 0 Å². The Labute approximate surface area is 154 Å². The number of amides is 1. The van der Waals surface area contributed by atoms with Crippen molar-refractivity contribution in [2.75, 3.05) is 19.0 Å². The number of aromatic nitrogens is 3. The van der Waals surface area contributed by atoms with Gasteiger partial charge in [0.1, 0.15) is 5.75 Å². The van der Waals surface area contributed by atoms with E-state index in [4.69, 9.17) is 4.74 Å². The van der Waals surface area contributed by atoms with Crippen LogP contribution in [0.4, 0.5) is 5.13 Å². The van der Waals surface area contributed by atoms with Gasteiger partial charge in [-0.15, -0.1) is 11.3 Å². The average molecular weight is 369 g/mol. The maximum absolute atomic E-state index is 12.6. The van der Waals surface area contributed by atoms with E-state index in [0.717, 1.165) is 46.1 Å². The van der Waals surface area contributed by atoms with Gasteiger partial charge in [-0.2, -0.15) is 5.10 Å². The number of thiazole rings is 1. The summed E-state index contributed by atoms with van der Waals surface area (Å²) in [4.78, 5) is 18.2. The molecule has 1 aromatic carbocycles. The van der Waals surface area contributed by atoms with Crippen molar-refractivity contribution in [3.05, 3.63) is 46.1 Å². The number of anilines is 1. The van der Waals surface area contributed by atoms with Crippen molar-refractivity contribution < 1.29 is 9.53 Å². The van der Waals surface area contributed by atoms with E-state index < -0.39 is 0 Å². The van der Waals surface area contributed by atoms with Crippen LogP contribution < -0.4 is 15.4 Å². The summed E-state index contributed by atoms with van der Waals surface area (Å²) in [6.45, 7) is 3.54. The molecule has 0 fully saturated rings. The van der Waals surface area contributed by atoms with Crippen molar-refractivity contribution in [3.63, 3.8) is 0 Å². The van der Waals surface area contributed by atoms with E-state index in [1.807, 2.05) is 31.2 Å². The van der Waals surface area contributed by atoms with Crippen LogP contribution in [0.15, 0.2) is 24.3 Å². The normalized spacial score (nSPS) is 13.3. The molecule has 4 rings (SSSR count). The van der Waals surface area contributed by atoms with Crippen molar-refractivity contribution in [1.82, 2.24) is 20.5 Å². The second kappa shape index (κ2) is 6.89. The zero-order valence-corrected chi connectivity index (χ0v) is 15.4. The highest BCUT2D eigenvalue weighted by Gasteiger charge is 2.22. The predicted octanol–water partition coefficient (Wildman–Crippen LogP) is 2.75. The van der Waals surface area contributed by atoms with Gasteiger partial charge in [0.2, 0.25) is 0 Å². The molecule has 0 atom stereocenters. The number of methoxy groups -OCH3 is 1. The number of ether oxygens (including phenoxy) is 1. The summed E-state index contributed by atoms with van der Waals surface area (Å²) < 4.78 is 5.19. The van der Waals surface area contributed by atoms with Gasteiger partial charge in [-0.25, -0.2) is 4.98 Å². The first-order valence-electron chi connectivity index (χ1n) is 8.35. The molecule has 8 heteroatoms. The smallest absolute Gasteiger partial charge is 0.278 e. The average Bonchev–Trinajstić information content (AvgIpc) is 3.25. The third-order valence-electron chi connectivity index (χ3n) is 4.40. The van der Waals surface area contributed by atoms with Gasteiger partial charge in [-0.3, -0.25) is 15.2 Å². The fourth-order valence-electron chi connectivity index (χ4n) is 3.04. The van der Waals surface area contributed by atoms with Gasteiger partial charge in [0.05, 0.1) is 12.8 Å². The molecule has 3 heterocycles. The highest BCUT2D eigenvalue weighted by molar-refractivity contribution is 7.16. The first-order valence-corrected chi connectivity index (χ1v) is 9.17. The Bertz CT molecular complexity index is 945. The zero-order valence-electron chi connectivity index (χ0n) is 14.5. The first-order chi connectivity index (χ1) is 12.7. The largest absolute Gasteiger partial charge is 0.497 e. The minimum absolute atomic E-state index is 0.235. The monoisotopic (exact) mass is 369 g/mol. The molecule has 2 aromatic heterocycles. The Balaban J connectivity index is 1.55. The van der Waals surface area contributed by atoms with Crippen LogP contribution in [0, 0.1) is 6.92 Å². The number of nitrogens with zero attached hydrogens (tertiary/aromatic N) is 2. The van der Waals surface area contributed by atoms with Crippen LogP contribution in [-0.2, 0) is 13.0 Å². The molecule has 134 valence electrons. The van der Waals surface area contributed by atoms with E-state index in [0.29, 0.717) is 17.4 Å². The number of aryl methyl sites for hydroxylation is 1. The summed E-state index contributed by atoms with van der Waals surface area (Å²) in [5.41, 5.74) is 4.26.